The van der Waals surface area contributed by atoms with E-state index < -0.39 is 11.1 Å². The molecule has 1 amide bonds. The van der Waals surface area contributed by atoms with E-state index in [-0.39, 0.29) is 11.9 Å². The molecule has 2 aromatic rings. The van der Waals surface area contributed by atoms with Gasteiger partial charge in [0.05, 0.1) is 17.6 Å². The van der Waals surface area contributed by atoms with Crippen molar-refractivity contribution in [2.75, 3.05) is 13.2 Å². The number of nitrogens with one attached hydrogen (secondary N) is 1. The van der Waals surface area contributed by atoms with Crippen molar-refractivity contribution in [2.24, 2.45) is 0 Å². The normalized spacial score (nSPS) is 27.2. The standard InChI is InChI=1S/C19H26N6O3/c26-17(12-18(7-10-28-11-8-18)25-14-21-23-24-25)22-16-3-5-19(27,6-4-16)15-2-1-9-20-13-15/h1-2,9,13-14,16,27H,3-8,10-12H2,(H,22,26). The van der Waals surface area contributed by atoms with Crippen LogP contribution in [0, 0.1) is 0 Å². The second-order valence-electron chi connectivity index (χ2n) is 7.88. The first kappa shape index (κ1) is 18.9. The lowest BCUT2D eigenvalue weighted by atomic mass is 9.78. The molecular formula is C19H26N6O3. The number of nitrogens with zero attached hydrogens (tertiary/aromatic N) is 5. The summed E-state index contributed by atoms with van der Waals surface area (Å²) in [6.45, 7) is 1.18. The Morgan fingerprint density at radius 3 is 2.71 bits per heavy atom. The number of hydrogen-bond acceptors (Lipinski definition) is 7. The first-order valence-electron chi connectivity index (χ1n) is 9.83. The molecule has 1 saturated heterocycles. The number of carbonyl (C=O) groups excluding carboxylic acids is 1. The Hall–Kier alpha value is -2.39. The first-order chi connectivity index (χ1) is 13.6. The van der Waals surface area contributed by atoms with Crippen molar-refractivity contribution in [2.45, 2.75) is 62.1 Å². The van der Waals surface area contributed by atoms with Crippen molar-refractivity contribution in [1.82, 2.24) is 30.5 Å². The molecule has 1 aliphatic heterocycles. The van der Waals surface area contributed by atoms with Gasteiger partial charge >= 0.3 is 0 Å². The molecule has 2 N–H and O–H groups in total. The summed E-state index contributed by atoms with van der Waals surface area (Å²) >= 11 is 0. The summed E-state index contributed by atoms with van der Waals surface area (Å²) in [7, 11) is 0. The van der Waals surface area contributed by atoms with Gasteiger partial charge in [0.2, 0.25) is 5.91 Å². The highest BCUT2D eigenvalue weighted by Gasteiger charge is 2.40. The summed E-state index contributed by atoms with van der Waals surface area (Å²) in [5.41, 5.74) is -0.444. The van der Waals surface area contributed by atoms with E-state index in [1.165, 1.54) is 0 Å². The molecule has 0 radical (unpaired) electrons. The van der Waals surface area contributed by atoms with E-state index in [1.807, 2.05) is 12.1 Å². The third kappa shape index (κ3) is 3.90. The highest BCUT2D eigenvalue weighted by Crippen LogP contribution is 2.37. The molecule has 0 spiro atoms. The number of tetrazole rings is 1. The first-order valence-corrected chi connectivity index (χ1v) is 9.83. The highest BCUT2D eigenvalue weighted by atomic mass is 16.5. The molecule has 9 nitrogen and oxygen atoms in total. The zero-order chi connectivity index (χ0) is 19.5. The van der Waals surface area contributed by atoms with Crippen molar-refractivity contribution in [1.29, 1.82) is 0 Å². The van der Waals surface area contributed by atoms with Gasteiger partial charge < -0.3 is 15.2 Å². The minimum Gasteiger partial charge on any atom is -0.385 e. The molecule has 9 heteroatoms. The fourth-order valence-electron chi connectivity index (χ4n) is 4.36. The number of ether oxygens (including phenoxy) is 1. The van der Waals surface area contributed by atoms with Crippen LogP contribution in [0.1, 0.15) is 50.5 Å². The Bertz CT molecular complexity index is 768. The lowest BCUT2D eigenvalue weighted by Gasteiger charge is -2.38. The van der Waals surface area contributed by atoms with Crippen LogP contribution in [0.3, 0.4) is 0 Å². The van der Waals surface area contributed by atoms with Crippen molar-refractivity contribution < 1.29 is 14.6 Å². The predicted octanol–water partition coefficient (Wildman–Crippen LogP) is 0.911. The van der Waals surface area contributed by atoms with Gasteiger partial charge in [-0.3, -0.25) is 9.78 Å². The number of pyridine rings is 1. The van der Waals surface area contributed by atoms with E-state index in [2.05, 4.69) is 25.8 Å². The van der Waals surface area contributed by atoms with Gasteiger partial charge in [-0.1, -0.05) is 6.07 Å². The molecule has 4 rings (SSSR count). The summed E-state index contributed by atoms with van der Waals surface area (Å²) in [5, 5.41) is 25.6. The van der Waals surface area contributed by atoms with Crippen LogP contribution in [0.2, 0.25) is 0 Å². The lowest BCUT2D eigenvalue weighted by Crippen LogP contribution is -2.47. The maximum Gasteiger partial charge on any atom is 0.222 e. The van der Waals surface area contributed by atoms with E-state index in [9.17, 15) is 9.90 Å². The summed E-state index contributed by atoms with van der Waals surface area (Å²) in [6.07, 6.45) is 9.42. The van der Waals surface area contributed by atoms with Crippen LogP contribution >= 0.6 is 0 Å². The smallest absolute Gasteiger partial charge is 0.222 e. The zero-order valence-electron chi connectivity index (χ0n) is 15.8. The van der Waals surface area contributed by atoms with E-state index in [4.69, 9.17) is 4.74 Å². The van der Waals surface area contributed by atoms with Gasteiger partial charge in [-0.05, 0) is 55.0 Å². The quantitative estimate of drug-likeness (QED) is 0.785. The Morgan fingerprint density at radius 1 is 1.29 bits per heavy atom. The SMILES string of the molecule is O=C(CC1(n2cnnn2)CCOCC1)NC1CCC(O)(c2cccnc2)CC1. The van der Waals surface area contributed by atoms with Gasteiger partial charge in [-0.2, -0.15) is 0 Å². The van der Waals surface area contributed by atoms with Crippen molar-refractivity contribution >= 4 is 5.91 Å². The molecule has 2 fully saturated rings. The second kappa shape index (κ2) is 7.92. The van der Waals surface area contributed by atoms with Crippen molar-refractivity contribution in [3.05, 3.63) is 36.4 Å². The molecule has 28 heavy (non-hydrogen) atoms. The van der Waals surface area contributed by atoms with Gasteiger partial charge in [0.25, 0.3) is 0 Å². The molecule has 1 saturated carbocycles. The molecule has 1 aliphatic carbocycles. The molecule has 2 aromatic heterocycles. The average Bonchev–Trinajstić information content (AvgIpc) is 3.27. The number of aromatic nitrogens is 5. The number of rotatable bonds is 5. The Kier molecular flexibility index (Phi) is 5.36. The lowest BCUT2D eigenvalue weighted by molar-refractivity contribution is -0.126. The topological polar surface area (TPSA) is 115 Å². The summed E-state index contributed by atoms with van der Waals surface area (Å²) in [6, 6.07) is 3.82. The second-order valence-corrected chi connectivity index (χ2v) is 7.88. The molecule has 2 aliphatic rings. The highest BCUT2D eigenvalue weighted by molar-refractivity contribution is 5.77. The minimum atomic E-state index is -0.857. The molecule has 0 unspecified atom stereocenters. The fourth-order valence-corrected chi connectivity index (χ4v) is 4.36. The van der Waals surface area contributed by atoms with Crippen LogP contribution in [-0.4, -0.2) is 55.5 Å². The zero-order valence-corrected chi connectivity index (χ0v) is 15.8. The number of aliphatic hydroxyl groups is 1. The molecule has 3 heterocycles. The maximum absolute atomic E-state index is 12.8. The number of hydrogen-bond donors (Lipinski definition) is 2. The average molecular weight is 386 g/mol. The predicted molar refractivity (Wildman–Crippen MR) is 99.0 cm³/mol. The monoisotopic (exact) mass is 386 g/mol. The van der Waals surface area contributed by atoms with E-state index in [0.29, 0.717) is 45.3 Å². The largest absolute Gasteiger partial charge is 0.385 e. The van der Waals surface area contributed by atoms with Gasteiger partial charge in [-0.15, -0.1) is 5.10 Å². The van der Waals surface area contributed by atoms with Crippen molar-refractivity contribution in [3.63, 3.8) is 0 Å². The van der Waals surface area contributed by atoms with Crippen molar-refractivity contribution in [3.8, 4) is 0 Å². The summed E-state index contributed by atoms with van der Waals surface area (Å²) in [5.74, 6) is -0.00535. The number of amides is 1. The Balaban J connectivity index is 1.35. The third-order valence-corrected chi connectivity index (χ3v) is 6.12. The molecule has 150 valence electrons. The fraction of sp³-hybridized carbons (Fsp3) is 0.632. The molecule has 0 aromatic carbocycles. The van der Waals surface area contributed by atoms with Gasteiger partial charge in [0.1, 0.15) is 6.33 Å². The van der Waals surface area contributed by atoms with Crippen LogP contribution in [0.4, 0.5) is 0 Å². The molecular weight excluding hydrogens is 360 g/mol. The molecule has 0 bridgehead atoms. The summed E-state index contributed by atoms with van der Waals surface area (Å²) in [4.78, 5) is 16.9. The minimum absolute atomic E-state index is 0.00535. The van der Waals surface area contributed by atoms with Gasteiger partial charge in [0, 0.05) is 37.2 Å². The van der Waals surface area contributed by atoms with Crippen LogP contribution in [-0.2, 0) is 20.7 Å². The van der Waals surface area contributed by atoms with E-state index >= 15 is 0 Å². The van der Waals surface area contributed by atoms with Gasteiger partial charge in [0.15, 0.2) is 0 Å². The summed E-state index contributed by atoms with van der Waals surface area (Å²) < 4.78 is 7.18. The van der Waals surface area contributed by atoms with Crippen LogP contribution in [0.15, 0.2) is 30.9 Å². The third-order valence-electron chi connectivity index (χ3n) is 6.12. The molecule has 0 atom stereocenters. The Morgan fingerprint density at radius 2 is 2.07 bits per heavy atom. The Labute approximate surface area is 163 Å². The van der Waals surface area contributed by atoms with E-state index in [1.54, 1.807) is 23.4 Å². The van der Waals surface area contributed by atoms with E-state index in [0.717, 1.165) is 18.4 Å². The van der Waals surface area contributed by atoms with Crippen LogP contribution in [0.5, 0.6) is 0 Å². The van der Waals surface area contributed by atoms with Gasteiger partial charge in [-0.25, -0.2) is 4.68 Å². The van der Waals surface area contributed by atoms with Crippen LogP contribution < -0.4 is 5.32 Å². The number of carbonyl (C=O) groups is 1. The van der Waals surface area contributed by atoms with Crippen LogP contribution in [0.25, 0.3) is 0 Å². The maximum atomic E-state index is 12.8.